The number of hydrogen-bond acceptors (Lipinski definition) is 4. The first kappa shape index (κ1) is 24.5. The van der Waals surface area contributed by atoms with Crippen LogP contribution in [0.2, 0.25) is 0 Å². The Kier molecular flexibility index (Phi) is 8.71. The topological polar surface area (TPSA) is 98.1 Å². The minimum atomic E-state index is -1.82. The molecule has 0 aliphatic heterocycles. The number of carbonyl (C=O) groups is 2. The Bertz CT molecular complexity index is 872. The molecule has 2 aromatic carbocycles. The molecule has 31 heavy (non-hydrogen) atoms. The zero-order chi connectivity index (χ0) is 23.0. The van der Waals surface area contributed by atoms with Crippen molar-refractivity contribution in [1.29, 1.82) is 0 Å². The van der Waals surface area contributed by atoms with Crippen molar-refractivity contribution in [2.75, 3.05) is 20.6 Å². The Balaban J connectivity index is 0.000000501. The summed E-state index contributed by atoms with van der Waals surface area (Å²) < 4.78 is 13.4. The van der Waals surface area contributed by atoms with Gasteiger partial charge in [-0.25, -0.2) is 14.0 Å². The molecule has 0 unspecified atom stereocenters. The number of hydrogen-bond donors (Lipinski definition) is 3. The first-order chi connectivity index (χ1) is 14.6. The first-order valence-corrected chi connectivity index (χ1v) is 10.3. The molecular weight excluding hydrogens is 401 g/mol. The van der Waals surface area contributed by atoms with E-state index in [9.17, 15) is 9.50 Å². The largest absolute Gasteiger partial charge is 0.473 e. The normalized spacial score (nSPS) is 20.2. The molecule has 3 rings (SSSR count). The van der Waals surface area contributed by atoms with E-state index in [0.29, 0.717) is 6.42 Å². The molecule has 0 bridgehead atoms. The summed E-state index contributed by atoms with van der Waals surface area (Å²) in [7, 11) is 4.12. The molecular formula is C24H30FNO5. The van der Waals surface area contributed by atoms with Crippen LogP contribution >= 0.6 is 0 Å². The summed E-state index contributed by atoms with van der Waals surface area (Å²) >= 11 is 0. The lowest BCUT2D eigenvalue weighted by Gasteiger charge is -2.37. The minimum absolute atomic E-state index is 0.00101. The second-order valence-electron chi connectivity index (χ2n) is 8.09. The Morgan fingerprint density at radius 2 is 1.68 bits per heavy atom. The Labute approximate surface area is 181 Å². The Hall–Kier alpha value is -2.77. The van der Waals surface area contributed by atoms with Crippen molar-refractivity contribution in [3.8, 4) is 0 Å². The number of halogens is 1. The van der Waals surface area contributed by atoms with Crippen LogP contribution in [0, 0.1) is 5.82 Å². The number of aliphatic carboxylic acids is 2. The van der Waals surface area contributed by atoms with Gasteiger partial charge in [0.1, 0.15) is 5.82 Å². The summed E-state index contributed by atoms with van der Waals surface area (Å²) in [6.07, 6.45) is 4.58. The van der Waals surface area contributed by atoms with Gasteiger partial charge in [0.2, 0.25) is 0 Å². The zero-order valence-electron chi connectivity index (χ0n) is 17.9. The van der Waals surface area contributed by atoms with Crippen LogP contribution in [0.4, 0.5) is 4.39 Å². The summed E-state index contributed by atoms with van der Waals surface area (Å²) in [5, 5.41) is 26.7. The number of aryl methyl sites for hydroxylation is 1. The third kappa shape index (κ3) is 6.60. The summed E-state index contributed by atoms with van der Waals surface area (Å²) in [5.74, 6) is -3.88. The summed E-state index contributed by atoms with van der Waals surface area (Å²) in [6, 6.07) is 15.0. The SMILES string of the molecule is CN(C)CCC[C@]1(O)c2ccccc2CCC[C@@H]1c1ccc(F)cc1.O=C(O)C(=O)O. The molecule has 0 saturated carbocycles. The van der Waals surface area contributed by atoms with Crippen LogP contribution in [0.15, 0.2) is 48.5 Å². The molecule has 1 aliphatic rings. The van der Waals surface area contributed by atoms with Gasteiger partial charge in [-0.05, 0) is 81.6 Å². The van der Waals surface area contributed by atoms with Gasteiger partial charge in [-0.1, -0.05) is 36.4 Å². The Morgan fingerprint density at radius 1 is 1.06 bits per heavy atom. The van der Waals surface area contributed by atoms with Gasteiger partial charge in [-0.3, -0.25) is 0 Å². The number of nitrogens with zero attached hydrogens (tertiary/aromatic N) is 1. The van der Waals surface area contributed by atoms with Crippen molar-refractivity contribution >= 4 is 11.9 Å². The minimum Gasteiger partial charge on any atom is -0.473 e. The highest BCUT2D eigenvalue weighted by atomic mass is 19.1. The second-order valence-corrected chi connectivity index (χ2v) is 8.09. The number of aliphatic hydroxyl groups is 1. The third-order valence-corrected chi connectivity index (χ3v) is 5.62. The van der Waals surface area contributed by atoms with Crippen molar-refractivity contribution in [1.82, 2.24) is 4.90 Å². The number of fused-ring (bicyclic) bond motifs is 1. The van der Waals surface area contributed by atoms with Crippen LogP contribution in [0.25, 0.3) is 0 Å². The molecule has 1 aliphatic carbocycles. The predicted molar refractivity (Wildman–Crippen MR) is 115 cm³/mol. The highest BCUT2D eigenvalue weighted by Crippen LogP contribution is 2.47. The van der Waals surface area contributed by atoms with Gasteiger partial charge in [0.25, 0.3) is 0 Å². The van der Waals surface area contributed by atoms with Gasteiger partial charge >= 0.3 is 11.9 Å². The molecule has 0 heterocycles. The average molecular weight is 432 g/mol. The first-order valence-electron chi connectivity index (χ1n) is 10.3. The molecule has 2 aromatic rings. The van der Waals surface area contributed by atoms with Gasteiger partial charge in [-0.15, -0.1) is 0 Å². The maximum atomic E-state index is 13.4. The van der Waals surface area contributed by atoms with Crippen molar-refractivity contribution in [3.05, 3.63) is 71.0 Å². The standard InChI is InChI=1S/C22H28FNO.C2H2O4/c1-24(2)16-6-15-22(25)20-9-4-3-7-17(20)8-5-10-21(22)18-11-13-19(23)14-12-18;3-1(4)2(5)6/h3-4,7,9,11-14,21,25H,5-6,8,10,15-16H2,1-2H3;(H,3,4)(H,5,6)/t21-,22+;/m1./s1. The molecule has 0 radical (unpaired) electrons. The molecule has 0 fully saturated rings. The van der Waals surface area contributed by atoms with Gasteiger partial charge < -0.3 is 20.2 Å². The summed E-state index contributed by atoms with van der Waals surface area (Å²) in [4.78, 5) is 20.4. The predicted octanol–water partition coefficient (Wildman–Crippen LogP) is 3.63. The van der Waals surface area contributed by atoms with E-state index in [-0.39, 0.29) is 11.7 Å². The smallest absolute Gasteiger partial charge is 0.414 e. The van der Waals surface area contributed by atoms with Crippen LogP contribution in [0.5, 0.6) is 0 Å². The number of carboxylic acids is 2. The number of rotatable bonds is 5. The molecule has 7 heteroatoms. The van der Waals surface area contributed by atoms with Crippen molar-refractivity contribution in [2.24, 2.45) is 0 Å². The van der Waals surface area contributed by atoms with Crippen molar-refractivity contribution in [2.45, 2.75) is 43.6 Å². The lowest BCUT2D eigenvalue weighted by Crippen LogP contribution is -2.34. The fraction of sp³-hybridized carbons (Fsp3) is 0.417. The van der Waals surface area contributed by atoms with E-state index in [4.69, 9.17) is 19.8 Å². The molecule has 2 atom stereocenters. The number of benzene rings is 2. The maximum absolute atomic E-state index is 13.4. The average Bonchev–Trinajstić information content (AvgIpc) is 2.86. The van der Waals surface area contributed by atoms with Crippen LogP contribution in [-0.4, -0.2) is 52.8 Å². The highest BCUT2D eigenvalue weighted by Gasteiger charge is 2.41. The van der Waals surface area contributed by atoms with E-state index in [0.717, 1.165) is 43.4 Å². The van der Waals surface area contributed by atoms with Gasteiger partial charge in [-0.2, -0.15) is 0 Å². The fourth-order valence-corrected chi connectivity index (χ4v) is 4.19. The monoisotopic (exact) mass is 431 g/mol. The van der Waals surface area contributed by atoms with Crippen LogP contribution < -0.4 is 0 Å². The molecule has 6 nitrogen and oxygen atoms in total. The van der Waals surface area contributed by atoms with Crippen LogP contribution in [0.3, 0.4) is 0 Å². The van der Waals surface area contributed by atoms with E-state index in [1.807, 2.05) is 18.2 Å². The molecule has 0 spiro atoms. The van der Waals surface area contributed by atoms with E-state index in [1.165, 1.54) is 17.7 Å². The molecule has 168 valence electrons. The third-order valence-electron chi connectivity index (χ3n) is 5.62. The van der Waals surface area contributed by atoms with Gasteiger partial charge in [0, 0.05) is 5.92 Å². The van der Waals surface area contributed by atoms with E-state index in [1.54, 1.807) is 0 Å². The summed E-state index contributed by atoms with van der Waals surface area (Å²) in [5.41, 5.74) is 2.44. The molecule has 3 N–H and O–H groups in total. The zero-order valence-corrected chi connectivity index (χ0v) is 17.9. The Morgan fingerprint density at radius 3 is 2.26 bits per heavy atom. The highest BCUT2D eigenvalue weighted by molar-refractivity contribution is 6.27. The number of carboxylic acid groups (broad SMARTS) is 2. The van der Waals surface area contributed by atoms with Crippen molar-refractivity contribution in [3.63, 3.8) is 0 Å². The summed E-state index contributed by atoms with van der Waals surface area (Å²) in [6.45, 7) is 0.945. The van der Waals surface area contributed by atoms with Crippen LogP contribution in [0.1, 0.15) is 48.3 Å². The second kappa shape index (κ2) is 11.0. The van der Waals surface area contributed by atoms with Gasteiger partial charge in [0.15, 0.2) is 0 Å². The molecule has 0 aromatic heterocycles. The molecule has 0 amide bonds. The van der Waals surface area contributed by atoms with E-state index < -0.39 is 17.5 Å². The van der Waals surface area contributed by atoms with Gasteiger partial charge in [0.05, 0.1) is 5.60 Å². The van der Waals surface area contributed by atoms with Crippen molar-refractivity contribution < 1.29 is 29.3 Å². The molecule has 0 saturated heterocycles. The lowest BCUT2D eigenvalue weighted by molar-refractivity contribution is -0.159. The maximum Gasteiger partial charge on any atom is 0.414 e. The lowest BCUT2D eigenvalue weighted by atomic mass is 9.73. The fourth-order valence-electron chi connectivity index (χ4n) is 4.19. The van der Waals surface area contributed by atoms with E-state index >= 15 is 0 Å². The van der Waals surface area contributed by atoms with E-state index in [2.05, 4.69) is 37.2 Å². The quantitative estimate of drug-likeness (QED) is 0.494. The van der Waals surface area contributed by atoms with Crippen LogP contribution in [-0.2, 0) is 21.6 Å².